The molecule has 1 heterocycles. The van der Waals surface area contributed by atoms with Gasteiger partial charge in [-0.15, -0.1) is 0 Å². The predicted octanol–water partition coefficient (Wildman–Crippen LogP) is 2.44. The van der Waals surface area contributed by atoms with Gasteiger partial charge < -0.3 is 10.1 Å². The summed E-state index contributed by atoms with van der Waals surface area (Å²) in [6, 6.07) is 4.56. The molecule has 1 aromatic rings. The van der Waals surface area contributed by atoms with Gasteiger partial charge in [-0.1, -0.05) is 19.3 Å². The number of carbonyl (C=O) groups is 1. The molecular formula is C19H27FN2O4S. The second kappa shape index (κ2) is 9.12. The molecule has 0 radical (unpaired) electrons. The molecule has 1 aromatic carbocycles. The van der Waals surface area contributed by atoms with Crippen LogP contribution in [0.1, 0.15) is 44.9 Å². The molecule has 0 bridgehead atoms. The normalized spacial score (nSPS) is 21.5. The number of hydrogen-bond acceptors (Lipinski definition) is 4. The lowest BCUT2D eigenvalue weighted by Gasteiger charge is -2.33. The number of rotatable bonds is 7. The minimum Gasteiger partial charge on any atom is -0.376 e. The Labute approximate surface area is 160 Å². The zero-order chi connectivity index (χ0) is 19.3. The highest BCUT2D eigenvalue weighted by molar-refractivity contribution is 7.89. The maximum atomic E-state index is 13.2. The molecule has 150 valence electrons. The fraction of sp³-hybridized carbons (Fsp3) is 0.632. The van der Waals surface area contributed by atoms with Crippen molar-refractivity contribution in [3.63, 3.8) is 0 Å². The lowest BCUT2D eigenvalue weighted by molar-refractivity contribution is -0.122. The molecule has 1 N–H and O–H groups in total. The van der Waals surface area contributed by atoms with Crippen molar-refractivity contribution in [3.05, 3.63) is 30.1 Å². The zero-order valence-electron chi connectivity index (χ0n) is 15.4. The van der Waals surface area contributed by atoms with E-state index in [4.69, 9.17) is 4.74 Å². The molecule has 0 spiro atoms. The summed E-state index contributed by atoms with van der Waals surface area (Å²) < 4.78 is 46.3. The molecule has 1 saturated carbocycles. The van der Waals surface area contributed by atoms with Crippen molar-refractivity contribution in [2.45, 2.75) is 62.0 Å². The molecule has 1 aliphatic carbocycles. The lowest BCUT2D eigenvalue weighted by atomic mass is 9.95. The lowest BCUT2D eigenvalue weighted by Crippen LogP contribution is -2.47. The van der Waals surface area contributed by atoms with Crippen molar-refractivity contribution in [1.82, 2.24) is 9.62 Å². The smallest absolute Gasteiger partial charge is 0.243 e. The molecule has 1 amide bonds. The Hall–Kier alpha value is -1.51. The second-order valence-electron chi connectivity index (χ2n) is 7.24. The molecule has 27 heavy (non-hydrogen) atoms. The summed E-state index contributed by atoms with van der Waals surface area (Å²) in [6.45, 7) is 0.874. The molecule has 1 atom stereocenters. The van der Waals surface area contributed by atoms with Gasteiger partial charge in [0.15, 0.2) is 0 Å². The average molecular weight is 399 g/mol. The van der Waals surface area contributed by atoms with Crippen molar-refractivity contribution >= 4 is 15.9 Å². The van der Waals surface area contributed by atoms with E-state index in [0.717, 1.165) is 57.1 Å². The van der Waals surface area contributed by atoms with E-state index in [0.29, 0.717) is 13.2 Å². The number of carbonyl (C=O) groups excluding carboxylic acids is 1. The van der Waals surface area contributed by atoms with Crippen LogP contribution in [0, 0.1) is 5.82 Å². The van der Waals surface area contributed by atoms with Crippen molar-refractivity contribution < 1.29 is 22.3 Å². The third kappa shape index (κ3) is 5.27. The molecule has 8 heteroatoms. The fourth-order valence-corrected chi connectivity index (χ4v) is 5.39. The highest BCUT2D eigenvalue weighted by atomic mass is 32.2. The van der Waals surface area contributed by atoms with Crippen LogP contribution in [0.5, 0.6) is 0 Å². The second-order valence-corrected chi connectivity index (χ2v) is 9.13. The molecule has 1 saturated heterocycles. The van der Waals surface area contributed by atoms with Gasteiger partial charge in [-0.2, -0.15) is 4.31 Å². The first-order chi connectivity index (χ1) is 13.0. The summed E-state index contributed by atoms with van der Waals surface area (Å²) in [5.41, 5.74) is 0. The van der Waals surface area contributed by atoms with Crippen LogP contribution >= 0.6 is 0 Å². The maximum absolute atomic E-state index is 13.2. The van der Waals surface area contributed by atoms with Gasteiger partial charge in [0, 0.05) is 19.2 Å². The van der Waals surface area contributed by atoms with Gasteiger partial charge in [0.25, 0.3) is 0 Å². The van der Waals surface area contributed by atoms with Crippen molar-refractivity contribution in [2.75, 3.05) is 19.7 Å². The van der Waals surface area contributed by atoms with Crippen LogP contribution in [0.3, 0.4) is 0 Å². The third-order valence-electron chi connectivity index (χ3n) is 5.25. The van der Waals surface area contributed by atoms with E-state index in [1.54, 1.807) is 0 Å². The highest BCUT2D eigenvalue weighted by Crippen LogP contribution is 2.27. The van der Waals surface area contributed by atoms with Crippen molar-refractivity contribution in [3.8, 4) is 0 Å². The molecule has 2 fully saturated rings. The number of sulfonamides is 1. The van der Waals surface area contributed by atoms with Gasteiger partial charge >= 0.3 is 0 Å². The third-order valence-corrected chi connectivity index (χ3v) is 7.17. The Morgan fingerprint density at radius 1 is 1.11 bits per heavy atom. The van der Waals surface area contributed by atoms with Crippen LogP contribution in [0.25, 0.3) is 0 Å². The topological polar surface area (TPSA) is 75.7 Å². The quantitative estimate of drug-likeness (QED) is 0.766. The summed E-state index contributed by atoms with van der Waals surface area (Å²) >= 11 is 0. The molecule has 0 aromatic heterocycles. The van der Waals surface area contributed by atoms with Crippen LogP contribution in [-0.2, 0) is 19.6 Å². The van der Waals surface area contributed by atoms with E-state index < -0.39 is 15.8 Å². The monoisotopic (exact) mass is 398 g/mol. The van der Waals surface area contributed by atoms with Crippen LogP contribution in [0.4, 0.5) is 4.39 Å². The first-order valence-corrected chi connectivity index (χ1v) is 11.1. The Balaban J connectivity index is 1.73. The highest BCUT2D eigenvalue weighted by Gasteiger charge is 2.34. The van der Waals surface area contributed by atoms with Crippen LogP contribution in [0.2, 0.25) is 0 Å². The van der Waals surface area contributed by atoms with Crippen LogP contribution < -0.4 is 5.32 Å². The number of nitrogens with one attached hydrogen (secondary N) is 1. The van der Waals surface area contributed by atoms with E-state index >= 15 is 0 Å². The summed E-state index contributed by atoms with van der Waals surface area (Å²) in [6.07, 6.45) is 6.32. The summed E-state index contributed by atoms with van der Waals surface area (Å²) in [5.74, 6) is -0.825. The molecule has 1 unspecified atom stereocenters. The molecular weight excluding hydrogens is 371 g/mol. The number of amides is 1. The first-order valence-electron chi connectivity index (χ1n) is 9.62. The summed E-state index contributed by atoms with van der Waals surface area (Å²) in [7, 11) is -3.88. The number of hydrogen-bond donors (Lipinski definition) is 1. The van der Waals surface area contributed by atoms with E-state index in [1.807, 2.05) is 0 Å². The average Bonchev–Trinajstić information content (AvgIpc) is 3.19. The van der Waals surface area contributed by atoms with E-state index in [9.17, 15) is 17.6 Å². The van der Waals surface area contributed by atoms with E-state index in [1.165, 1.54) is 16.4 Å². The van der Waals surface area contributed by atoms with Gasteiger partial charge in [-0.3, -0.25) is 4.79 Å². The SMILES string of the molecule is O=C(CN(C1CCCCC1)S(=O)(=O)c1ccc(F)cc1)NCC1CCCO1. The minimum atomic E-state index is -3.88. The van der Waals surface area contributed by atoms with Crippen molar-refractivity contribution in [2.24, 2.45) is 0 Å². The Morgan fingerprint density at radius 2 is 1.81 bits per heavy atom. The standard InChI is InChI=1S/C19H27FN2O4S/c20-15-8-10-18(11-9-15)27(24,25)22(16-5-2-1-3-6-16)14-19(23)21-13-17-7-4-12-26-17/h8-11,16-17H,1-7,12-14H2,(H,21,23). The molecule has 3 rings (SSSR count). The van der Waals surface area contributed by atoms with Gasteiger partial charge in [0.2, 0.25) is 15.9 Å². The first kappa shape index (κ1) is 20.2. The van der Waals surface area contributed by atoms with Gasteiger partial charge in [-0.05, 0) is 49.9 Å². The maximum Gasteiger partial charge on any atom is 0.243 e. The zero-order valence-corrected chi connectivity index (χ0v) is 16.2. The Kier molecular flexibility index (Phi) is 6.83. The van der Waals surface area contributed by atoms with Gasteiger partial charge in [0.05, 0.1) is 17.5 Å². The Morgan fingerprint density at radius 3 is 2.44 bits per heavy atom. The molecule has 6 nitrogen and oxygen atoms in total. The van der Waals surface area contributed by atoms with E-state index in [-0.39, 0.29) is 29.5 Å². The number of nitrogens with zero attached hydrogens (tertiary/aromatic N) is 1. The van der Waals surface area contributed by atoms with Crippen LogP contribution in [0.15, 0.2) is 29.2 Å². The van der Waals surface area contributed by atoms with Crippen LogP contribution in [-0.4, -0.2) is 50.5 Å². The van der Waals surface area contributed by atoms with Gasteiger partial charge in [-0.25, -0.2) is 12.8 Å². The number of benzene rings is 1. The number of ether oxygens (including phenoxy) is 1. The summed E-state index contributed by atoms with van der Waals surface area (Å²) in [5, 5.41) is 2.80. The van der Waals surface area contributed by atoms with Crippen molar-refractivity contribution in [1.29, 1.82) is 0 Å². The Bertz CT molecular complexity index is 727. The largest absolute Gasteiger partial charge is 0.376 e. The summed E-state index contributed by atoms with van der Waals surface area (Å²) in [4.78, 5) is 12.5. The van der Waals surface area contributed by atoms with Gasteiger partial charge in [0.1, 0.15) is 5.82 Å². The molecule has 2 aliphatic rings. The molecule has 1 aliphatic heterocycles. The van der Waals surface area contributed by atoms with E-state index in [2.05, 4.69) is 5.32 Å². The minimum absolute atomic E-state index is 0.00536. The number of halogens is 1. The predicted molar refractivity (Wildman–Crippen MR) is 99.1 cm³/mol. The fourth-order valence-electron chi connectivity index (χ4n) is 3.75.